The number of aliphatic carboxylic acids is 1. The van der Waals surface area contributed by atoms with Gasteiger partial charge in [-0.2, -0.15) is 0 Å². The van der Waals surface area contributed by atoms with E-state index in [1.165, 1.54) is 49.7 Å². The first-order valence-corrected chi connectivity index (χ1v) is 9.66. The largest absolute Gasteiger partial charge is 0.480 e. The second-order valence-electron chi connectivity index (χ2n) is 7.47. The second kappa shape index (κ2) is 9.22. The van der Waals surface area contributed by atoms with Gasteiger partial charge in [0.05, 0.1) is 0 Å². The zero-order chi connectivity index (χ0) is 17.4. The van der Waals surface area contributed by atoms with E-state index in [-0.39, 0.29) is 5.92 Å². The third kappa shape index (κ3) is 5.07. The molecule has 2 unspecified atom stereocenters. The van der Waals surface area contributed by atoms with Gasteiger partial charge in [-0.05, 0) is 49.1 Å². The van der Waals surface area contributed by atoms with Crippen LogP contribution < -0.4 is 5.73 Å². The molecule has 0 aromatic heterocycles. The number of nitrogens with two attached hydrogens (primary N) is 1. The third-order valence-corrected chi connectivity index (χ3v) is 5.59. The van der Waals surface area contributed by atoms with Gasteiger partial charge in [0.15, 0.2) is 0 Å². The summed E-state index contributed by atoms with van der Waals surface area (Å²) in [6, 6.07) is 8.73. The Kier molecular flexibility index (Phi) is 7.29. The van der Waals surface area contributed by atoms with E-state index in [0.29, 0.717) is 6.42 Å². The lowest BCUT2D eigenvalue weighted by Crippen LogP contribution is -2.51. The Morgan fingerprint density at radius 2 is 1.75 bits per heavy atom. The van der Waals surface area contributed by atoms with Crippen molar-refractivity contribution in [1.82, 2.24) is 0 Å². The lowest BCUT2D eigenvalue weighted by atomic mass is 9.83. The normalized spacial score (nSPS) is 23.5. The van der Waals surface area contributed by atoms with Gasteiger partial charge >= 0.3 is 5.97 Å². The lowest BCUT2D eigenvalue weighted by Gasteiger charge is -2.26. The van der Waals surface area contributed by atoms with Crippen molar-refractivity contribution in [3.8, 4) is 0 Å². The van der Waals surface area contributed by atoms with Crippen molar-refractivity contribution in [2.75, 3.05) is 0 Å². The number of carboxylic acids is 1. The molecule has 1 fully saturated rings. The average molecular weight is 332 g/mol. The van der Waals surface area contributed by atoms with Gasteiger partial charge in [0.25, 0.3) is 0 Å². The molecule has 134 valence electrons. The van der Waals surface area contributed by atoms with Crippen molar-refractivity contribution in [3.05, 3.63) is 35.4 Å². The number of benzene rings is 1. The van der Waals surface area contributed by atoms with E-state index in [1.54, 1.807) is 0 Å². The fourth-order valence-corrected chi connectivity index (χ4v) is 3.90. The summed E-state index contributed by atoms with van der Waals surface area (Å²) in [5.41, 5.74) is 7.71. The summed E-state index contributed by atoms with van der Waals surface area (Å²) in [5.74, 6) is -0.788. The highest BCUT2D eigenvalue weighted by Gasteiger charge is 2.45. The molecule has 0 radical (unpaired) electrons. The summed E-state index contributed by atoms with van der Waals surface area (Å²) in [4.78, 5) is 11.5. The quantitative estimate of drug-likeness (QED) is 0.610. The summed E-state index contributed by atoms with van der Waals surface area (Å²) >= 11 is 0. The molecule has 1 aliphatic carbocycles. The minimum atomic E-state index is -1.03. The summed E-state index contributed by atoms with van der Waals surface area (Å²) in [7, 11) is 0. The number of hydrogen-bond donors (Lipinski definition) is 2. The van der Waals surface area contributed by atoms with Crippen molar-refractivity contribution in [2.24, 2.45) is 11.7 Å². The van der Waals surface area contributed by atoms with Gasteiger partial charge in [-0.25, -0.2) is 0 Å². The maximum absolute atomic E-state index is 11.5. The van der Waals surface area contributed by atoms with Gasteiger partial charge in [-0.1, -0.05) is 69.7 Å². The molecular formula is C21H33NO2. The second-order valence-corrected chi connectivity index (χ2v) is 7.47. The molecule has 0 heterocycles. The van der Waals surface area contributed by atoms with Crippen molar-refractivity contribution in [3.63, 3.8) is 0 Å². The van der Waals surface area contributed by atoms with Crippen LogP contribution in [-0.2, 0) is 17.6 Å². The predicted molar refractivity (Wildman–Crippen MR) is 99.1 cm³/mol. The number of carboxylic acid groups (broad SMARTS) is 1. The van der Waals surface area contributed by atoms with Crippen molar-refractivity contribution >= 4 is 5.97 Å². The minimum absolute atomic E-state index is 0.0550. The first-order chi connectivity index (χ1) is 11.6. The molecule has 2 rings (SSSR count). The van der Waals surface area contributed by atoms with Crippen LogP contribution in [-0.4, -0.2) is 16.6 Å². The molecule has 3 N–H and O–H groups in total. The van der Waals surface area contributed by atoms with Crippen LogP contribution in [0.4, 0.5) is 0 Å². The van der Waals surface area contributed by atoms with Crippen molar-refractivity contribution in [2.45, 2.75) is 83.1 Å². The van der Waals surface area contributed by atoms with Gasteiger partial charge < -0.3 is 10.8 Å². The first kappa shape index (κ1) is 19.0. The molecule has 1 aromatic carbocycles. The van der Waals surface area contributed by atoms with Gasteiger partial charge in [-0.15, -0.1) is 0 Å². The molecule has 3 nitrogen and oxygen atoms in total. The fraction of sp³-hybridized carbons (Fsp3) is 0.667. The van der Waals surface area contributed by atoms with Crippen LogP contribution >= 0.6 is 0 Å². The molecule has 0 aliphatic heterocycles. The maximum Gasteiger partial charge on any atom is 0.323 e. The molecule has 24 heavy (non-hydrogen) atoms. The van der Waals surface area contributed by atoms with E-state index >= 15 is 0 Å². The number of rotatable bonds is 10. The molecule has 1 saturated carbocycles. The lowest BCUT2D eigenvalue weighted by molar-refractivity contribution is -0.144. The monoisotopic (exact) mass is 331 g/mol. The Morgan fingerprint density at radius 1 is 1.12 bits per heavy atom. The standard InChI is InChI=1S/C21H33NO2/c1-2-3-4-5-6-7-9-17-11-13-18(14-12-17)16-19-10-8-15-21(19,22)20(23)24/h11-14,19H,2-10,15-16,22H2,1H3,(H,23,24). The Hall–Kier alpha value is -1.35. The minimum Gasteiger partial charge on any atom is -0.480 e. The Morgan fingerprint density at radius 3 is 2.42 bits per heavy atom. The van der Waals surface area contributed by atoms with Crippen LogP contribution in [0, 0.1) is 5.92 Å². The molecule has 2 atom stereocenters. The maximum atomic E-state index is 11.5. The van der Waals surface area contributed by atoms with E-state index in [0.717, 1.165) is 25.7 Å². The number of unbranched alkanes of at least 4 members (excludes halogenated alkanes) is 5. The number of carbonyl (C=O) groups is 1. The van der Waals surface area contributed by atoms with Crippen LogP contribution in [0.15, 0.2) is 24.3 Å². The van der Waals surface area contributed by atoms with Gasteiger partial charge in [0.2, 0.25) is 0 Å². The number of aryl methyl sites for hydroxylation is 1. The molecule has 0 spiro atoms. The summed E-state index contributed by atoms with van der Waals surface area (Å²) < 4.78 is 0. The molecule has 0 bridgehead atoms. The van der Waals surface area contributed by atoms with E-state index < -0.39 is 11.5 Å². The van der Waals surface area contributed by atoms with E-state index in [1.807, 2.05) is 0 Å². The van der Waals surface area contributed by atoms with E-state index in [4.69, 9.17) is 5.73 Å². The summed E-state index contributed by atoms with van der Waals surface area (Å²) in [6.45, 7) is 2.25. The van der Waals surface area contributed by atoms with Crippen LogP contribution in [0.1, 0.15) is 75.8 Å². The third-order valence-electron chi connectivity index (χ3n) is 5.59. The average Bonchev–Trinajstić information content (AvgIpc) is 2.94. The van der Waals surface area contributed by atoms with E-state index in [2.05, 4.69) is 31.2 Å². The summed E-state index contributed by atoms with van der Waals surface area (Å²) in [6.07, 6.45) is 12.3. The van der Waals surface area contributed by atoms with Crippen LogP contribution in [0.2, 0.25) is 0 Å². The van der Waals surface area contributed by atoms with Crippen LogP contribution in [0.25, 0.3) is 0 Å². The molecule has 1 aromatic rings. The highest BCUT2D eigenvalue weighted by atomic mass is 16.4. The summed E-state index contributed by atoms with van der Waals surface area (Å²) in [5, 5.41) is 9.41. The predicted octanol–water partition coefficient (Wildman–Crippen LogP) is 4.71. The van der Waals surface area contributed by atoms with E-state index in [9.17, 15) is 9.90 Å². The highest BCUT2D eigenvalue weighted by molar-refractivity contribution is 5.79. The SMILES string of the molecule is CCCCCCCCc1ccc(CC2CCCC2(N)C(=O)O)cc1. The molecule has 1 aliphatic rings. The van der Waals surface area contributed by atoms with Gasteiger partial charge in [-0.3, -0.25) is 4.79 Å². The van der Waals surface area contributed by atoms with Crippen LogP contribution in [0.5, 0.6) is 0 Å². The first-order valence-electron chi connectivity index (χ1n) is 9.66. The smallest absolute Gasteiger partial charge is 0.323 e. The topological polar surface area (TPSA) is 63.3 Å². The zero-order valence-electron chi connectivity index (χ0n) is 15.1. The Labute approximate surface area is 146 Å². The molecule has 0 amide bonds. The molecule has 3 heteroatoms. The van der Waals surface area contributed by atoms with Crippen molar-refractivity contribution in [1.29, 1.82) is 0 Å². The highest BCUT2D eigenvalue weighted by Crippen LogP contribution is 2.36. The van der Waals surface area contributed by atoms with Gasteiger partial charge in [0, 0.05) is 0 Å². The zero-order valence-corrected chi connectivity index (χ0v) is 15.1. The van der Waals surface area contributed by atoms with Crippen molar-refractivity contribution < 1.29 is 9.90 Å². The number of hydrogen-bond acceptors (Lipinski definition) is 2. The molecular weight excluding hydrogens is 298 g/mol. The Balaban J connectivity index is 1.79. The Bertz CT molecular complexity index is 511. The molecule has 0 saturated heterocycles. The van der Waals surface area contributed by atoms with Crippen LogP contribution in [0.3, 0.4) is 0 Å². The van der Waals surface area contributed by atoms with Gasteiger partial charge in [0.1, 0.15) is 5.54 Å². The fourth-order valence-electron chi connectivity index (χ4n) is 3.90.